The molecule has 9 heteroatoms. The number of nitrogens with zero attached hydrogens (tertiary/aromatic N) is 3. The zero-order valence-corrected chi connectivity index (χ0v) is 22.8. The number of aromatic nitrogens is 1. The van der Waals surface area contributed by atoms with Crippen LogP contribution in [-0.4, -0.2) is 43.9 Å². The van der Waals surface area contributed by atoms with Crippen LogP contribution in [0.4, 0.5) is 10.4 Å². The Balaban J connectivity index is 1.54. The number of piperidine rings is 1. The highest BCUT2D eigenvalue weighted by molar-refractivity contribution is 5.78. The predicted octanol–water partition coefficient (Wildman–Crippen LogP) is 6.09. The van der Waals surface area contributed by atoms with E-state index < -0.39 is 0 Å². The number of hydrogen-bond donors (Lipinski definition) is 1. The lowest BCUT2D eigenvalue weighted by Crippen LogP contribution is -2.43. The molecule has 0 aliphatic carbocycles. The average Bonchev–Trinajstić information content (AvgIpc) is 3.39. The van der Waals surface area contributed by atoms with Crippen LogP contribution in [-0.2, 0) is 6.54 Å². The molecule has 0 amide bonds. The molecule has 40 heavy (non-hydrogen) atoms. The van der Waals surface area contributed by atoms with E-state index >= 15 is 0 Å². The molecule has 3 aromatic carbocycles. The van der Waals surface area contributed by atoms with Crippen LogP contribution in [0.5, 0.6) is 17.2 Å². The number of benzene rings is 3. The molecule has 1 N–H and O–H groups in total. The molecule has 0 atom stereocenters. The highest BCUT2D eigenvalue weighted by Gasteiger charge is 2.27. The van der Waals surface area contributed by atoms with Crippen molar-refractivity contribution in [3.8, 4) is 34.4 Å². The summed E-state index contributed by atoms with van der Waals surface area (Å²) in [6.07, 6.45) is 1.89. The van der Waals surface area contributed by atoms with Crippen molar-refractivity contribution in [3.63, 3.8) is 0 Å². The second-order valence-electron chi connectivity index (χ2n) is 9.52. The van der Waals surface area contributed by atoms with E-state index in [2.05, 4.69) is 10.2 Å². The largest absolute Gasteiger partial charge is 0.493 e. The molecule has 0 spiro atoms. The summed E-state index contributed by atoms with van der Waals surface area (Å²) in [5.74, 6) is 1.63. The second kappa shape index (κ2) is 12.7. The molecular formula is C31H33FN4O4. The van der Waals surface area contributed by atoms with Crippen molar-refractivity contribution in [1.29, 1.82) is 5.26 Å². The monoisotopic (exact) mass is 544 g/mol. The van der Waals surface area contributed by atoms with E-state index in [4.69, 9.17) is 28.9 Å². The third kappa shape index (κ3) is 6.13. The Morgan fingerprint density at radius 3 is 2.35 bits per heavy atom. The van der Waals surface area contributed by atoms with Crippen molar-refractivity contribution in [3.05, 3.63) is 66.0 Å². The van der Waals surface area contributed by atoms with Crippen LogP contribution in [0.1, 0.15) is 32.3 Å². The zero-order chi connectivity index (χ0) is 27.9. The van der Waals surface area contributed by atoms with Crippen LogP contribution < -0.4 is 24.4 Å². The Labute approximate surface area is 233 Å². The minimum Gasteiger partial charge on any atom is -0.493 e. The molecule has 1 saturated heterocycles. The molecule has 0 radical (unpaired) electrons. The van der Waals surface area contributed by atoms with Gasteiger partial charge in [0.2, 0.25) is 0 Å². The normalized spacial score (nSPS) is 13.7. The van der Waals surface area contributed by atoms with Gasteiger partial charge in [-0.15, -0.1) is 0 Å². The average molecular weight is 545 g/mol. The standard InChI is InChI=1S/C31H33FN4O4/c1-3-37-28-17-21(18-29(38-4-2)30(28)22-5-7-23(32)8-6-22)20-36(24-11-14-34-15-12-24)31-35-26-19-25(39-16-13-33)9-10-27(26)40-31/h5-10,17-19,24,34H,3-4,11-12,14-16,20H2,1-2H3. The van der Waals surface area contributed by atoms with E-state index in [-0.39, 0.29) is 18.5 Å². The van der Waals surface area contributed by atoms with Gasteiger partial charge in [0.25, 0.3) is 6.01 Å². The number of nitrogens with one attached hydrogen (secondary N) is 1. The van der Waals surface area contributed by atoms with Crippen LogP contribution in [0.15, 0.2) is 59.0 Å². The molecule has 2 heterocycles. The highest BCUT2D eigenvalue weighted by atomic mass is 19.1. The summed E-state index contributed by atoms with van der Waals surface area (Å²) >= 11 is 0. The van der Waals surface area contributed by atoms with Crippen LogP contribution in [0.25, 0.3) is 22.2 Å². The summed E-state index contributed by atoms with van der Waals surface area (Å²) in [5, 5.41) is 12.3. The molecule has 4 aromatic rings. The molecule has 1 fully saturated rings. The summed E-state index contributed by atoms with van der Waals surface area (Å²) in [7, 11) is 0. The lowest BCUT2D eigenvalue weighted by atomic mass is 9.99. The topological polar surface area (TPSA) is 92.8 Å². The summed E-state index contributed by atoms with van der Waals surface area (Å²) in [6.45, 7) is 7.14. The third-order valence-corrected chi connectivity index (χ3v) is 6.86. The van der Waals surface area contributed by atoms with Crippen molar-refractivity contribution in [1.82, 2.24) is 10.3 Å². The smallest absolute Gasteiger partial charge is 0.298 e. The van der Waals surface area contributed by atoms with E-state index in [1.165, 1.54) is 12.1 Å². The van der Waals surface area contributed by atoms with Crippen molar-refractivity contribution in [2.45, 2.75) is 39.3 Å². The maximum absolute atomic E-state index is 13.7. The summed E-state index contributed by atoms with van der Waals surface area (Å²) in [6, 6.07) is 18.5. The van der Waals surface area contributed by atoms with Crippen molar-refractivity contribution in [2.75, 3.05) is 37.8 Å². The van der Waals surface area contributed by atoms with Crippen LogP contribution in [0.2, 0.25) is 0 Å². The Kier molecular flexibility index (Phi) is 8.67. The van der Waals surface area contributed by atoms with Gasteiger partial charge < -0.3 is 28.8 Å². The minimum atomic E-state index is -0.295. The van der Waals surface area contributed by atoms with Crippen molar-refractivity contribution in [2.24, 2.45) is 0 Å². The molecule has 0 bridgehead atoms. The van der Waals surface area contributed by atoms with Gasteiger partial charge in [0.15, 0.2) is 12.2 Å². The number of anilines is 1. The second-order valence-corrected chi connectivity index (χ2v) is 9.52. The molecule has 208 valence electrons. The molecular weight excluding hydrogens is 511 g/mol. The van der Waals surface area contributed by atoms with Gasteiger partial charge in [-0.1, -0.05) is 12.1 Å². The fourth-order valence-corrected chi connectivity index (χ4v) is 5.07. The zero-order valence-electron chi connectivity index (χ0n) is 22.8. The highest BCUT2D eigenvalue weighted by Crippen LogP contribution is 2.41. The number of nitriles is 1. The summed E-state index contributed by atoms with van der Waals surface area (Å²) < 4.78 is 37.6. The van der Waals surface area contributed by atoms with Gasteiger partial charge in [0.05, 0.1) is 18.8 Å². The van der Waals surface area contributed by atoms with Gasteiger partial charge in [0.1, 0.15) is 34.7 Å². The van der Waals surface area contributed by atoms with Gasteiger partial charge in [0, 0.05) is 18.7 Å². The molecule has 5 rings (SSSR count). The predicted molar refractivity (Wildman–Crippen MR) is 151 cm³/mol. The van der Waals surface area contributed by atoms with Gasteiger partial charge in [-0.3, -0.25) is 0 Å². The fraction of sp³-hybridized carbons (Fsp3) is 0.355. The van der Waals surface area contributed by atoms with E-state index in [9.17, 15) is 4.39 Å². The SMILES string of the molecule is CCOc1cc(CN(c2nc3cc(OCC#N)ccc3o2)C2CCNCC2)cc(OCC)c1-c1ccc(F)cc1. The summed E-state index contributed by atoms with van der Waals surface area (Å²) in [4.78, 5) is 7.03. The molecule has 0 unspecified atom stereocenters. The maximum Gasteiger partial charge on any atom is 0.298 e. The van der Waals surface area contributed by atoms with E-state index in [0.717, 1.165) is 42.6 Å². The summed E-state index contributed by atoms with van der Waals surface area (Å²) in [5.41, 5.74) is 3.92. The van der Waals surface area contributed by atoms with Gasteiger partial charge in [-0.25, -0.2) is 4.39 Å². The Hall–Kier alpha value is -4.29. The molecule has 0 saturated carbocycles. The Morgan fingerprint density at radius 1 is 1.00 bits per heavy atom. The van der Waals surface area contributed by atoms with Gasteiger partial charge in [-0.2, -0.15) is 10.2 Å². The Morgan fingerprint density at radius 2 is 1.70 bits per heavy atom. The lowest BCUT2D eigenvalue weighted by molar-refractivity contribution is 0.324. The number of hydrogen-bond acceptors (Lipinski definition) is 8. The molecule has 8 nitrogen and oxygen atoms in total. The maximum atomic E-state index is 13.7. The first kappa shape index (κ1) is 27.3. The van der Waals surface area contributed by atoms with Crippen LogP contribution >= 0.6 is 0 Å². The number of fused-ring (bicyclic) bond motifs is 1. The molecule has 1 aliphatic rings. The quantitative estimate of drug-likeness (QED) is 0.242. The van der Waals surface area contributed by atoms with Gasteiger partial charge >= 0.3 is 0 Å². The number of ether oxygens (including phenoxy) is 3. The van der Waals surface area contributed by atoms with E-state index in [1.54, 1.807) is 24.3 Å². The third-order valence-electron chi connectivity index (χ3n) is 6.86. The van der Waals surface area contributed by atoms with Crippen LogP contribution in [0, 0.1) is 17.1 Å². The van der Waals surface area contributed by atoms with Crippen molar-refractivity contribution >= 4 is 17.1 Å². The van der Waals surface area contributed by atoms with E-state index in [0.29, 0.717) is 54.1 Å². The van der Waals surface area contributed by atoms with E-state index in [1.807, 2.05) is 38.1 Å². The fourth-order valence-electron chi connectivity index (χ4n) is 5.07. The first-order valence-corrected chi connectivity index (χ1v) is 13.7. The molecule has 1 aromatic heterocycles. The molecule has 1 aliphatic heterocycles. The first-order chi connectivity index (χ1) is 19.6. The first-order valence-electron chi connectivity index (χ1n) is 13.7. The Bertz CT molecular complexity index is 1450. The van der Waals surface area contributed by atoms with Crippen molar-refractivity contribution < 1.29 is 23.0 Å². The minimum absolute atomic E-state index is 0.0321. The lowest BCUT2D eigenvalue weighted by Gasteiger charge is -2.34. The van der Waals surface area contributed by atoms with Gasteiger partial charge in [-0.05, 0) is 87.3 Å². The van der Waals surface area contributed by atoms with Crippen LogP contribution in [0.3, 0.4) is 0 Å². The number of rotatable bonds is 11. The number of oxazole rings is 1. The number of halogens is 1.